The second-order valence-corrected chi connectivity index (χ2v) is 6.66. The maximum atomic E-state index is 11.4. The molecule has 12 heteroatoms. The third-order valence-electron chi connectivity index (χ3n) is 1.71. The first-order chi connectivity index (χ1) is 9.73. The number of oxime groups is 1. The number of aromatic nitrogens is 1. The highest BCUT2D eigenvalue weighted by Crippen LogP contribution is 2.26. The van der Waals surface area contributed by atoms with Gasteiger partial charge in [0.15, 0.2) is 5.13 Å². The van der Waals surface area contributed by atoms with Crippen molar-refractivity contribution in [3.05, 3.63) is 11.1 Å². The molecular formula is C9H8Cl3N3O5S. The highest BCUT2D eigenvalue weighted by Gasteiger charge is 2.23. The summed E-state index contributed by atoms with van der Waals surface area (Å²) in [5, 5.41) is 16.0. The molecule has 116 valence electrons. The predicted octanol–water partition coefficient (Wildman–Crippen LogP) is 2.50. The fraction of sp³-hybridized carbons (Fsp3) is 0.333. The molecule has 0 aliphatic carbocycles. The van der Waals surface area contributed by atoms with Crippen LogP contribution in [-0.2, 0) is 14.4 Å². The lowest BCUT2D eigenvalue weighted by Crippen LogP contribution is -2.21. The fourth-order valence-corrected chi connectivity index (χ4v) is 1.84. The minimum Gasteiger partial charge on any atom is -0.476 e. The summed E-state index contributed by atoms with van der Waals surface area (Å²) in [5.41, 5.74) is -0.387. The molecule has 0 radical (unpaired) electrons. The zero-order valence-electron chi connectivity index (χ0n) is 10.3. The number of hydrogen-bond donors (Lipinski definition) is 2. The molecule has 1 heterocycles. The second-order valence-electron chi connectivity index (χ2n) is 3.28. The van der Waals surface area contributed by atoms with Crippen molar-refractivity contribution in [1.82, 2.24) is 4.98 Å². The summed E-state index contributed by atoms with van der Waals surface area (Å²) in [6.07, 6.45) is -0.900. The topological polar surface area (TPSA) is 110 Å². The predicted molar refractivity (Wildman–Crippen MR) is 78.6 cm³/mol. The van der Waals surface area contributed by atoms with Crippen LogP contribution in [0.3, 0.4) is 0 Å². The van der Waals surface area contributed by atoms with Crippen molar-refractivity contribution in [1.29, 1.82) is 0 Å². The lowest BCUT2D eigenvalue weighted by Gasteiger charge is -2.10. The maximum Gasteiger partial charge on any atom is 0.413 e. The number of anilines is 1. The van der Waals surface area contributed by atoms with E-state index in [1.165, 1.54) is 12.5 Å². The molecule has 21 heavy (non-hydrogen) atoms. The minimum absolute atomic E-state index is 0.0195. The standard InChI is InChI=1S/C9H8Cl3N3O5S/c1-19-15-5(6(16)17)4-2-21-7(13-4)14-8(18)20-3-9(10,11)12/h2H,3H2,1H3,(H,16,17)(H,13,14,18). The van der Waals surface area contributed by atoms with Gasteiger partial charge in [0.05, 0.1) is 0 Å². The molecule has 0 aliphatic rings. The molecule has 1 aromatic rings. The number of alkyl halides is 3. The Morgan fingerprint density at radius 3 is 2.71 bits per heavy atom. The van der Waals surface area contributed by atoms with Crippen LogP contribution in [0.2, 0.25) is 0 Å². The highest BCUT2D eigenvalue weighted by atomic mass is 35.6. The quantitative estimate of drug-likeness (QED) is 0.464. The van der Waals surface area contributed by atoms with Gasteiger partial charge in [-0.05, 0) is 0 Å². The summed E-state index contributed by atoms with van der Waals surface area (Å²) < 4.78 is 2.90. The van der Waals surface area contributed by atoms with E-state index in [2.05, 4.69) is 25.0 Å². The third kappa shape index (κ3) is 6.34. The minimum atomic E-state index is -1.73. The Morgan fingerprint density at radius 1 is 1.52 bits per heavy atom. The van der Waals surface area contributed by atoms with Crippen LogP contribution in [0.15, 0.2) is 10.5 Å². The van der Waals surface area contributed by atoms with E-state index in [9.17, 15) is 9.59 Å². The number of amides is 1. The van der Waals surface area contributed by atoms with E-state index in [1.54, 1.807) is 0 Å². The number of rotatable bonds is 5. The number of nitrogens with one attached hydrogen (secondary N) is 1. The number of halogens is 3. The summed E-state index contributed by atoms with van der Waals surface area (Å²) in [4.78, 5) is 30.6. The number of thiazole rings is 1. The number of carbonyl (C=O) groups is 2. The van der Waals surface area contributed by atoms with E-state index < -0.39 is 28.2 Å². The van der Waals surface area contributed by atoms with Gasteiger partial charge in [-0.3, -0.25) is 5.32 Å². The summed E-state index contributed by atoms with van der Waals surface area (Å²) in [7, 11) is 1.20. The molecule has 1 amide bonds. The lowest BCUT2D eigenvalue weighted by atomic mass is 10.3. The Hall–Kier alpha value is -1.29. The van der Waals surface area contributed by atoms with Crippen LogP contribution in [0.25, 0.3) is 0 Å². The average molecular weight is 377 g/mol. The zero-order chi connectivity index (χ0) is 16.0. The number of carbonyl (C=O) groups excluding carboxylic acids is 1. The lowest BCUT2D eigenvalue weighted by molar-refractivity contribution is -0.129. The van der Waals surface area contributed by atoms with E-state index in [0.29, 0.717) is 0 Å². The number of hydrogen-bond acceptors (Lipinski definition) is 7. The second kappa shape index (κ2) is 7.64. The van der Waals surface area contributed by atoms with E-state index in [0.717, 1.165) is 11.3 Å². The molecule has 0 spiro atoms. The summed E-state index contributed by atoms with van der Waals surface area (Å²) in [6, 6.07) is 0. The first kappa shape index (κ1) is 17.8. The van der Waals surface area contributed by atoms with E-state index in [4.69, 9.17) is 39.9 Å². The van der Waals surface area contributed by atoms with Gasteiger partial charge in [-0.2, -0.15) is 0 Å². The van der Waals surface area contributed by atoms with Gasteiger partial charge < -0.3 is 14.7 Å². The Morgan fingerprint density at radius 2 is 2.19 bits per heavy atom. The van der Waals surface area contributed by atoms with Crippen molar-refractivity contribution in [2.45, 2.75) is 3.79 Å². The van der Waals surface area contributed by atoms with Crippen LogP contribution in [0.1, 0.15) is 5.69 Å². The summed E-state index contributed by atoms with van der Waals surface area (Å²) in [5.74, 6) is -1.33. The molecule has 0 atom stereocenters. The number of ether oxygens (including phenoxy) is 1. The van der Waals surface area contributed by atoms with Gasteiger partial charge in [0, 0.05) is 5.38 Å². The molecule has 0 bridgehead atoms. The van der Waals surface area contributed by atoms with Crippen molar-refractivity contribution in [3.8, 4) is 0 Å². The van der Waals surface area contributed by atoms with Gasteiger partial charge in [0.2, 0.25) is 9.50 Å². The molecule has 0 aliphatic heterocycles. The van der Waals surface area contributed by atoms with E-state index in [-0.39, 0.29) is 10.8 Å². The SMILES string of the molecule is CON=C(C(=O)O)c1csc(NC(=O)OCC(Cl)(Cl)Cl)n1. The highest BCUT2D eigenvalue weighted by molar-refractivity contribution is 7.14. The molecule has 2 N–H and O–H groups in total. The molecule has 0 saturated carbocycles. The van der Waals surface area contributed by atoms with E-state index >= 15 is 0 Å². The molecule has 0 saturated heterocycles. The molecule has 8 nitrogen and oxygen atoms in total. The first-order valence-electron chi connectivity index (χ1n) is 5.04. The van der Waals surface area contributed by atoms with Gasteiger partial charge in [0.25, 0.3) is 0 Å². The van der Waals surface area contributed by atoms with Crippen LogP contribution in [0, 0.1) is 0 Å². The Balaban J connectivity index is 2.69. The van der Waals surface area contributed by atoms with Crippen molar-refractivity contribution < 1.29 is 24.3 Å². The molecule has 0 unspecified atom stereocenters. The van der Waals surface area contributed by atoms with Gasteiger partial charge in [0.1, 0.15) is 19.4 Å². The number of aliphatic carboxylic acids is 1. The average Bonchev–Trinajstić information content (AvgIpc) is 2.80. The number of nitrogens with zero attached hydrogens (tertiary/aromatic N) is 2. The Bertz CT molecular complexity index is 557. The van der Waals surface area contributed by atoms with Crippen LogP contribution in [0.4, 0.5) is 9.93 Å². The zero-order valence-corrected chi connectivity index (χ0v) is 13.4. The van der Waals surface area contributed by atoms with Crippen molar-refractivity contribution in [2.24, 2.45) is 5.16 Å². The van der Waals surface area contributed by atoms with E-state index in [1.807, 2.05) is 0 Å². The number of carboxylic acids is 1. The molecule has 0 aromatic carbocycles. The van der Waals surface area contributed by atoms with Crippen LogP contribution >= 0.6 is 46.1 Å². The smallest absolute Gasteiger partial charge is 0.413 e. The molecule has 0 fully saturated rings. The van der Waals surface area contributed by atoms with Gasteiger partial charge in [-0.1, -0.05) is 40.0 Å². The van der Waals surface area contributed by atoms with Crippen LogP contribution < -0.4 is 5.32 Å². The third-order valence-corrected chi connectivity index (χ3v) is 2.79. The molecule has 1 aromatic heterocycles. The van der Waals surface area contributed by atoms with Gasteiger partial charge in [-0.15, -0.1) is 11.3 Å². The molecular weight excluding hydrogens is 369 g/mol. The largest absolute Gasteiger partial charge is 0.476 e. The maximum absolute atomic E-state index is 11.4. The molecule has 1 rings (SSSR count). The Kier molecular flexibility index (Phi) is 6.46. The van der Waals surface area contributed by atoms with Gasteiger partial charge in [-0.25, -0.2) is 14.6 Å². The van der Waals surface area contributed by atoms with Crippen LogP contribution in [0.5, 0.6) is 0 Å². The monoisotopic (exact) mass is 375 g/mol. The normalized spacial score (nSPS) is 11.9. The van der Waals surface area contributed by atoms with Crippen molar-refractivity contribution >= 4 is 69.0 Å². The summed E-state index contributed by atoms with van der Waals surface area (Å²) >= 11 is 17.2. The van der Waals surface area contributed by atoms with Gasteiger partial charge >= 0.3 is 12.1 Å². The van der Waals surface area contributed by atoms with Crippen LogP contribution in [-0.4, -0.2) is 45.4 Å². The first-order valence-corrected chi connectivity index (χ1v) is 7.05. The summed E-state index contributed by atoms with van der Waals surface area (Å²) in [6.45, 7) is -0.451. The fourth-order valence-electron chi connectivity index (χ4n) is 0.997. The Labute approximate surface area is 137 Å². The number of carboxylic acid groups (broad SMARTS) is 1. The van der Waals surface area contributed by atoms with Crippen molar-refractivity contribution in [2.75, 3.05) is 19.0 Å². The van der Waals surface area contributed by atoms with Crippen molar-refractivity contribution in [3.63, 3.8) is 0 Å².